The summed E-state index contributed by atoms with van der Waals surface area (Å²) in [6, 6.07) is 4.48. The van der Waals surface area contributed by atoms with Crippen LogP contribution in [0.3, 0.4) is 0 Å². The van der Waals surface area contributed by atoms with E-state index >= 15 is 0 Å². The minimum Gasteiger partial charge on any atom is -0.467 e. The molecule has 1 amide bonds. The van der Waals surface area contributed by atoms with E-state index in [-0.39, 0.29) is 12.6 Å². The Morgan fingerprint density at radius 3 is 2.74 bits per heavy atom. The third-order valence-electron chi connectivity index (χ3n) is 6.17. The molecule has 12 heteroatoms. The number of aromatic nitrogens is 4. The number of aryl methyl sites for hydroxylation is 1. The number of halogens is 1. The van der Waals surface area contributed by atoms with Gasteiger partial charge >= 0.3 is 12.1 Å². The van der Waals surface area contributed by atoms with Crippen LogP contribution in [0.5, 0.6) is 0 Å². The predicted octanol–water partition coefficient (Wildman–Crippen LogP) is 3.72. The van der Waals surface area contributed by atoms with Crippen LogP contribution in [-0.4, -0.2) is 81.4 Å². The Bertz CT molecular complexity index is 1310. The number of hydrogen-bond acceptors (Lipinski definition) is 9. The van der Waals surface area contributed by atoms with E-state index in [9.17, 15) is 9.59 Å². The van der Waals surface area contributed by atoms with E-state index in [4.69, 9.17) is 26.1 Å². The molecule has 1 aliphatic rings. The van der Waals surface area contributed by atoms with E-state index in [0.29, 0.717) is 23.1 Å². The zero-order valence-electron chi connectivity index (χ0n) is 22.3. The highest BCUT2D eigenvalue weighted by Gasteiger charge is 2.42. The standard InChI is InChI=1S/C26H34ClN7O4/c1-26(2,3)38-25(36)34-14-17(13-21(34)23(35)37-5)31-24-29-9-7-19(32-24)18-11-16(27)12-20-22(18)33(15-30-20)10-6-8-28-4/h7,9,11-12,15,17,21,28H,6,8,10,13-14H2,1-5H3,(H,29,31,32)/t17-,21-/m0/s1. The summed E-state index contributed by atoms with van der Waals surface area (Å²) in [6.07, 6.45) is 4.19. The number of esters is 1. The first-order chi connectivity index (χ1) is 18.1. The van der Waals surface area contributed by atoms with Gasteiger partial charge in [0.05, 0.1) is 30.2 Å². The molecule has 0 aliphatic carbocycles. The molecular weight excluding hydrogens is 510 g/mol. The van der Waals surface area contributed by atoms with E-state index < -0.39 is 23.7 Å². The minimum atomic E-state index is -0.768. The van der Waals surface area contributed by atoms with Crippen LogP contribution >= 0.6 is 11.6 Å². The largest absolute Gasteiger partial charge is 0.467 e. The Balaban J connectivity index is 1.59. The van der Waals surface area contributed by atoms with Crippen molar-refractivity contribution in [2.75, 3.05) is 32.6 Å². The van der Waals surface area contributed by atoms with Crippen LogP contribution in [0.25, 0.3) is 22.3 Å². The van der Waals surface area contributed by atoms with Crippen LogP contribution in [0.1, 0.15) is 33.6 Å². The molecule has 1 aromatic carbocycles. The van der Waals surface area contributed by atoms with Crippen molar-refractivity contribution in [1.82, 2.24) is 29.7 Å². The normalized spacial score (nSPS) is 17.6. The molecular formula is C26H34ClN7O4. The van der Waals surface area contributed by atoms with Crippen molar-refractivity contribution in [2.24, 2.45) is 0 Å². The van der Waals surface area contributed by atoms with E-state index in [1.165, 1.54) is 12.0 Å². The number of anilines is 1. The number of nitrogens with zero attached hydrogens (tertiary/aromatic N) is 5. The van der Waals surface area contributed by atoms with Crippen molar-refractivity contribution in [3.63, 3.8) is 0 Å². The smallest absolute Gasteiger partial charge is 0.411 e. The molecule has 0 unspecified atom stereocenters. The van der Waals surface area contributed by atoms with Crippen LogP contribution in [0.2, 0.25) is 5.02 Å². The van der Waals surface area contributed by atoms with E-state index in [2.05, 4.69) is 25.2 Å². The molecule has 0 spiro atoms. The SMILES string of the molecule is CNCCCn1cnc2cc(Cl)cc(-c3ccnc(N[C@H]4C[C@@H](C(=O)OC)N(C(=O)OC(C)(C)C)C4)n3)c21. The van der Waals surface area contributed by atoms with Crippen molar-refractivity contribution >= 4 is 40.6 Å². The number of rotatable bonds is 8. The van der Waals surface area contributed by atoms with Crippen molar-refractivity contribution < 1.29 is 19.1 Å². The molecule has 3 aromatic rings. The molecule has 2 atom stereocenters. The van der Waals surface area contributed by atoms with Crippen LogP contribution in [0.15, 0.2) is 30.7 Å². The van der Waals surface area contributed by atoms with E-state index in [1.807, 2.05) is 31.6 Å². The van der Waals surface area contributed by atoms with Gasteiger partial charge < -0.3 is 24.7 Å². The molecule has 2 aromatic heterocycles. The molecule has 4 rings (SSSR count). The molecule has 38 heavy (non-hydrogen) atoms. The molecule has 1 saturated heterocycles. The highest BCUT2D eigenvalue weighted by molar-refractivity contribution is 6.31. The number of carbonyl (C=O) groups excluding carboxylic acids is 2. The van der Waals surface area contributed by atoms with Crippen LogP contribution in [-0.2, 0) is 20.8 Å². The van der Waals surface area contributed by atoms with Gasteiger partial charge in [-0.05, 0) is 59.0 Å². The summed E-state index contributed by atoms with van der Waals surface area (Å²) in [5, 5.41) is 7.00. The van der Waals surface area contributed by atoms with Gasteiger partial charge in [-0.25, -0.2) is 24.5 Å². The number of nitrogens with one attached hydrogen (secondary N) is 2. The molecule has 0 bridgehead atoms. The number of imidazole rings is 1. The van der Waals surface area contributed by atoms with Gasteiger partial charge in [0.2, 0.25) is 5.95 Å². The van der Waals surface area contributed by atoms with Crippen LogP contribution in [0.4, 0.5) is 10.7 Å². The number of methoxy groups -OCH3 is 1. The average Bonchev–Trinajstić information content (AvgIpc) is 3.47. The second-order valence-corrected chi connectivity index (χ2v) is 10.7. The number of carbonyl (C=O) groups is 2. The maximum atomic E-state index is 12.8. The summed E-state index contributed by atoms with van der Waals surface area (Å²) in [7, 11) is 3.23. The first-order valence-electron chi connectivity index (χ1n) is 12.6. The third kappa shape index (κ3) is 6.33. The van der Waals surface area contributed by atoms with Gasteiger partial charge in [0, 0.05) is 42.3 Å². The Labute approximate surface area is 226 Å². The summed E-state index contributed by atoms with van der Waals surface area (Å²) >= 11 is 6.43. The molecule has 0 radical (unpaired) electrons. The zero-order chi connectivity index (χ0) is 27.4. The Morgan fingerprint density at radius 2 is 2.03 bits per heavy atom. The first kappa shape index (κ1) is 27.6. The van der Waals surface area contributed by atoms with Crippen molar-refractivity contribution in [3.05, 3.63) is 35.7 Å². The molecule has 1 fully saturated rings. The van der Waals surface area contributed by atoms with Gasteiger partial charge in [-0.2, -0.15) is 0 Å². The van der Waals surface area contributed by atoms with Gasteiger partial charge in [0.1, 0.15) is 11.6 Å². The van der Waals surface area contributed by atoms with Crippen LogP contribution in [0, 0.1) is 0 Å². The van der Waals surface area contributed by atoms with E-state index in [1.54, 1.807) is 27.0 Å². The molecule has 1 aliphatic heterocycles. The van der Waals surface area contributed by atoms with Gasteiger partial charge in [0.25, 0.3) is 0 Å². The highest BCUT2D eigenvalue weighted by atomic mass is 35.5. The second kappa shape index (κ2) is 11.5. The number of fused-ring (bicyclic) bond motifs is 1. The number of hydrogen-bond donors (Lipinski definition) is 2. The van der Waals surface area contributed by atoms with Crippen LogP contribution < -0.4 is 10.6 Å². The first-order valence-corrected chi connectivity index (χ1v) is 12.9. The summed E-state index contributed by atoms with van der Waals surface area (Å²) in [4.78, 5) is 40.3. The number of benzene rings is 1. The quantitative estimate of drug-likeness (QED) is 0.323. The maximum Gasteiger partial charge on any atom is 0.411 e. The summed E-state index contributed by atoms with van der Waals surface area (Å²) < 4.78 is 12.5. The lowest BCUT2D eigenvalue weighted by Crippen LogP contribution is -2.44. The number of amides is 1. The lowest BCUT2D eigenvalue weighted by Gasteiger charge is -2.27. The van der Waals surface area contributed by atoms with Gasteiger partial charge in [-0.15, -0.1) is 0 Å². The Morgan fingerprint density at radius 1 is 1.24 bits per heavy atom. The second-order valence-electron chi connectivity index (χ2n) is 10.2. The molecule has 11 nitrogen and oxygen atoms in total. The monoisotopic (exact) mass is 543 g/mol. The average molecular weight is 544 g/mol. The molecule has 204 valence electrons. The Hall–Kier alpha value is -3.44. The minimum absolute atomic E-state index is 0.238. The van der Waals surface area contributed by atoms with E-state index in [0.717, 1.165) is 36.1 Å². The predicted molar refractivity (Wildman–Crippen MR) is 145 cm³/mol. The maximum absolute atomic E-state index is 12.8. The fraction of sp³-hybridized carbons (Fsp3) is 0.500. The lowest BCUT2D eigenvalue weighted by molar-refractivity contribution is -0.145. The topological polar surface area (TPSA) is 124 Å². The molecule has 3 heterocycles. The highest BCUT2D eigenvalue weighted by Crippen LogP contribution is 2.32. The lowest BCUT2D eigenvalue weighted by atomic mass is 10.1. The van der Waals surface area contributed by atoms with Crippen molar-refractivity contribution in [2.45, 2.75) is 57.8 Å². The summed E-state index contributed by atoms with van der Waals surface area (Å²) in [5.74, 6) is -0.126. The zero-order valence-corrected chi connectivity index (χ0v) is 23.1. The van der Waals surface area contributed by atoms with Gasteiger partial charge in [0.15, 0.2) is 0 Å². The molecule has 0 saturated carbocycles. The van der Waals surface area contributed by atoms with Crippen molar-refractivity contribution in [1.29, 1.82) is 0 Å². The summed E-state index contributed by atoms with van der Waals surface area (Å²) in [5.41, 5.74) is 2.56. The Kier molecular flexibility index (Phi) is 8.37. The fourth-order valence-corrected chi connectivity index (χ4v) is 4.76. The van der Waals surface area contributed by atoms with Gasteiger partial charge in [-0.3, -0.25) is 4.90 Å². The number of ether oxygens (including phenoxy) is 2. The number of likely N-dealkylation sites (tertiary alicyclic amines) is 1. The molecule has 2 N–H and O–H groups in total. The van der Waals surface area contributed by atoms with Gasteiger partial charge in [-0.1, -0.05) is 11.6 Å². The third-order valence-corrected chi connectivity index (χ3v) is 6.39. The fourth-order valence-electron chi connectivity index (χ4n) is 4.55. The van der Waals surface area contributed by atoms with Crippen molar-refractivity contribution in [3.8, 4) is 11.3 Å². The summed E-state index contributed by atoms with van der Waals surface area (Å²) in [6.45, 7) is 7.26.